The number of anilines is 1. The third-order valence-electron chi connectivity index (χ3n) is 3.48. The fourth-order valence-corrected chi connectivity index (χ4v) is 4.66. The Kier molecular flexibility index (Phi) is 5.98. The van der Waals surface area contributed by atoms with Crippen LogP contribution in [-0.4, -0.2) is 26.0 Å². The van der Waals surface area contributed by atoms with Crippen LogP contribution in [0.25, 0.3) is 0 Å². The molecule has 8 heteroatoms. The number of sulfonamides is 1. The summed E-state index contributed by atoms with van der Waals surface area (Å²) < 4.78 is 27.3. The Bertz CT molecular complexity index is 893. The van der Waals surface area contributed by atoms with Gasteiger partial charge in [0.1, 0.15) is 4.90 Å². The number of rotatable bonds is 6. The van der Waals surface area contributed by atoms with Gasteiger partial charge < -0.3 is 5.11 Å². The van der Waals surface area contributed by atoms with Crippen molar-refractivity contribution in [2.24, 2.45) is 0 Å². The maximum absolute atomic E-state index is 13.1. The van der Waals surface area contributed by atoms with E-state index in [4.69, 9.17) is 28.3 Å². The maximum Gasteiger partial charge on any atom is 0.305 e. The minimum atomic E-state index is -4.08. The number of hydrogen-bond acceptors (Lipinski definition) is 3. The molecule has 0 atom stereocenters. The van der Waals surface area contributed by atoms with E-state index >= 15 is 0 Å². The van der Waals surface area contributed by atoms with Crippen LogP contribution >= 0.6 is 23.2 Å². The predicted octanol–water partition coefficient (Wildman–Crippen LogP) is 4.28. The number of aliphatic carboxylic acids is 1. The molecule has 0 saturated heterocycles. The lowest BCUT2D eigenvalue weighted by Crippen LogP contribution is -2.33. The minimum absolute atomic E-state index is 0.0223. The third-order valence-corrected chi connectivity index (χ3v) is 6.03. The molecule has 2 aromatic carbocycles. The summed E-state index contributed by atoms with van der Waals surface area (Å²) in [5.41, 5.74) is 2.11. The summed E-state index contributed by atoms with van der Waals surface area (Å²) in [5.74, 6) is -1.10. The minimum Gasteiger partial charge on any atom is -0.481 e. The molecule has 0 unspecified atom stereocenters. The number of aryl methyl sites for hydroxylation is 2. The van der Waals surface area contributed by atoms with Crippen LogP contribution in [0.15, 0.2) is 41.3 Å². The van der Waals surface area contributed by atoms with Gasteiger partial charge in [-0.1, -0.05) is 29.3 Å². The van der Waals surface area contributed by atoms with Gasteiger partial charge in [0.2, 0.25) is 0 Å². The van der Waals surface area contributed by atoms with E-state index in [9.17, 15) is 13.2 Å². The van der Waals surface area contributed by atoms with Gasteiger partial charge >= 0.3 is 5.97 Å². The first-order chi connectivity index (χ1) is 11.6. The standard InChI is InChI=1S/C17H17Cl2NO4S/c1-11-7-12(2)9-14(8-11)20(6-5-17(21)22)25(23,24)16-10-13(18)3-4-15(16)19/h3-4,7-10H,5-6H2,1-2H3,(H,21,22). The zero-order chi connectivity index (χ0) is 18.8. The summed E-state index contributed by atoms with van der Waals surface area (Å²) in [5, 5.41) is 9.23. The maximum atomic E-state index is 13.1. The smallest absolute Gasteiger partial charge is 0.305 e. The average molecular weight is 402 g/mol. The number of benzene rings is 2. The van der Waals surface area contributed by atoms with Crippen LogP contribution in [0.4, 0.5) is 5.69 Å². The van der Waals surface area contributed by atoms with E-state index in [-0.39, 0.29) is 27.9 Å². The highest BCUT2D eigenvalue weighted by molar-refractivity contribution is 7.93. The van der Waals surface area contributed by atoms with Crippen molar-refractivity contribution in [3.05, 3.63) is 57.6 Å². The lowest BCUT2D eigenvalue weighted by molar-refractivity contribution is -0.136. The normalized spacial score (nSPS) is 11.4. The van der Waals surface area contributed by atoms with Gasteiger partial charge in [0.15, 0.2) is 0 Å². The first kappa shape index (κ1) is 19.6. The van der Waals surface area contributed by atoms with Gasteiger partial charge in [-0.3, -0.25) is 9.10 Å². The highest BCUT2D eigenvalue weighted by Crippen LogP contribution is 2.31. The van der Waals surface area contributed by atoms with Crippen LogP contribution in [0.5, 0.6) is 0 Å². The molecule has 0 bridgehead atoms. The first-order valence-corrected chi connectivity index (χ1v) is 9.59. The molecule has 5 nitrogen and oxygen atoms in total. The van der Waals surface area contributed by atoms with Gasteiger partial charge in [-0.25, -0.2) is 8.42 Å². The zero-order valence-electron chi connectivity index (χ0n) is 13.7. The third kappa shape index (κ3) is 4.66. The molecule has 0 aliphatic carbocycles. The number of nitrogens with zero attached hydrogens (tertiary/aromatic N) is 1. The van der Waals surface area contributed by atoms with Crippen LogP contribution < -0.4 is 4.31 Å². The van der Waals surface area contributed by atoms with Gasteiger partial charge in [-0.05, 0) is 55.3 Å². The summed E-state index contributed by atoms with van der Waals surface area (Å²) in [6.45, 7) is 3.46. The summed E-state index contributed by atoms with van der Waals surface area (Å²) in [6, 6.07) is 9.41. The SMILES string of the molecule is Cc1cc(C)cc(N(CCC(=O)O)S(=O)(=O)c2cc(Cl)ccc2Cl)c1. The van der Waals surface area contributed by atoms with Crippen molar-refractivity contribution in [2.75, 3.05) is 10.8 Å². The Labute approximate surface area is 156 Å². The second-order valence-corrected chi connectivity index (χ2v) is 8.32. The molecule has 0 fully saturated rings. The van der Waals surface area contributed by atoms with Gasteiger partial charge in [-0.2, -0.15) is 0 Å². The summed E-state index contributed by atoms with van der Waals surface area (Å²) in [4.78, 5) is 10.8. The number of carboxylic acids is 1. The molecule has 134 valence electrons. The van der Waals surface area contributed by atoms with Crippen LogP contribution in [0, 0.1) is 13.8 Å². The molecular weight excluding hydrogens is 385 g/mol. The topological polar surface area (TPSA) is 74.7 Å². The largest absolute Gasteiger partial charge is 0.481 e. The molecule has 0 aliphatic rings. The average Bonchev–Trinajstić information content (AvgIpc) is 2.48. The predicted molar refractivity (Wildman–Crippen MR) is 99.2 cm³/mol. The molecule has 1 N–H and O–H groups in total. The Morgan fingerprint density at radius 1 is 1.08 bits per heavy atom. The van der Waals surface area contributed by atoms with Crippen LogP contribution in [0.2, 0.25) is 10.0 Å². The van der Waals surface area contributed by atoms with Gasteiger partial charge in [0, 0.05) is 11.6 Å². The van der Waals surface area contributed by atoms with E-state index in [2.05, 4.69) is 0 Å². The molecule has 25 heavy (non-hydrogen) atoms. The second-order valence-electron chi connectivity index (χ2n) is 5.64. The monoisotopic (exact) mass is 401 g/mol. The number of carbonyl (C=O) groups is 1. The molecule has 0 amide bonds. The van der Waals surface area contributed by atoms with Crippen molar-refractivity contribution in [1.29, 1.82) is 0 Å². The van der Waals surface area contributed by atoms with Crippen molar-refractivity contribution in [2.45, 2.75) is 25.2 Å². The van der Waals surface area contributed by atoms with E-state index in [0.29, 0.717) is 5.69 Å². The summed E-state index contributed by atoms with van der Waals surface area (Å²) >= 11 is 12.0. The van der Waals surface area contributed by atoms with Crippen molar-refractivity contribution in [1.82, 2.24) is 0 Å². The van der Waals surface area contributed by atoms with E-state index in [1.807, 2.05) is 19.9 Å². The molecule has 0 heterocycles. The molecule has 0 saturated carbocycles. The van der Waals surface area contributed by atoms with Gasteiger partial charge in [0.05, 0.1) is 17.1 Å². The van der Waals surface area contributed by atoms with Crippen molar-refractivity contribution >= 4 is 44.9 Å². The van der Waals surface area contributed by atoms with Crippen molar-refractivity contribution in [3.63, 3.8) is 0 Å². The lowest BCUT2D eigenvalue weighted by Gasteiger charge is -2.25. The number of carboxylic acid groups (broad SMARTS) is 1. The van der Waals surface area contributed by atoms with Gasteiger partial charge in [0.25, 0.3) is 10.0 Å². The van der Waals surface area contributed by atoms with E-state index in [1.165, 1.54) is 18.2 Å². The van der Waals surface area contributed by atoms with E-state index in [0.717, 1.165) is 15.4 Å². The molecule has 0 spiro atoms. The van der Waals surface area contributed by atoms with Crippen LogP contribution in [-0.2, 0) is 14.8 Å². The van der Waals surface area contributed by atoms with Crippen LogP contribution in [0.1, 0.15) is 17.5 Å². The molecule has 2 rings (SSSR count). The summed E-state index contributed by atoms with van der Waals surface area (Å²) in [6.07, 6.45) is -0.343. The highest BCUT2D eigenvalue weighted by Gasteiger charge is 2.28. The molecule has 2 aromatic rings. The zero-order valence-corrected chi connectivity index (χ0v) is 16.0. The first-order valence-electron chi connectivity index (χ1n) is 7.39. The fraction of sp³-hybridized carbons (Fsp3) is 0.235. The Morgan fingerprint density at radius 3 is 2.24 bits per heavy atom. The molecular formula is C17H17Cl2NO4S. The molecule has 0 radical (unpaired) electrons. The number of hydrogen-bond donors (Lipinski definition) is 1. The van der Waals surface area contributed by atoms with Crippen LogP contribution in [0.3, 0.4) is 0 Å². The Morgan fingerprint density at radius 2 is 1.68 bits per heavy atom. The second kappa shape index (κ2) is 7.64. The fourth-order valence-electron chi connectivity index (χ4n) is 2.47. The summed E-state index contributed by atoms with van der Waals surface area (Å²) in [7, 11) is -4.08. The lowest BCUT2D eigenvalue weighted by atomic mass is 10.1. The Balaban J connectivity index is 2.61. The van der Waals surface area contributed by atoms with Crippen molar-refractivity contribution < 1.29 is 18.3 Å². The molecule has 0 aromatic heterocycles. The van der Waals surface area contributed by atoms with Gasteiger partial charge in [-0.15, -0.1) is 0 Å². The quantitative estimate of drug-likeness (QED) is 0.783. The van der Waals surface area contributed by atoms with E-state index < -0.39 is 16.0 Å². The van der Waals surface area contributed by atoms with E-state index in [1.54, 1.807) is 12.1 Å². The number of halogens is 2. The Hall–Kier alpha value is -1.76. The van der Waals surface area contributed by atoms with Crippen molar-refractivity contribution in [3.8, 4) is 0 Å². The highest BCUT2D eigenvalue weighted by atomic mass is 35.5. The molecule has 0 aliphatic heterocycles.